The summed E-state index contributed by atoms with van der Waals surface area (Å²) in [6.07, 6.45) is 0. The van der Waals surface area contributed by atoms with Crippen LogP contribution < -0.4 is 0 Å². The third-order valence-corrected chi connectivity index (χ3v) is 7.38. The van der Waals surface area contributed by atoms with Crippen LogP contribution >= 0.6 is 23.2 Å². The number of aromatic amines is 2. The number of hydrogen-bond donors (Lipinski definition) is 4. The fourth-order valence-corrected chi connectivity index (χ4v) is 4.96. The van der Waals surface area contributed by atoms with Crippen LogP contribution in [-0.2, 0) is 9.59 Å². The lowest BCUT2D eigenvalue weighted by molar-refractivity contribution is -0.139. The summed E-state index contributed by atoms with van der Waals surface area (Å²) in [4.78, 5) is 28.6. The number of benzene rings is 4. The van der Waals surface area contributed by atoms with E-state index in [1.807, 2.05) is 72.8 Å². The van der Waals surface area contributed by atoms with Crippen LogP contribution in [0.1, 0.15) is 36.8 Å². The van der Waals surface area contributed by atoms with Crippen molar-refractivity contribution in [3.8, 4) is 0 Å². The third-order valence-electron chi connectivity index (χ3n) is 6.91. The van der Waals surface area contributed by atoms with Crippen molar-refractivity contribution in [1.29, 1.82) is 0 Å². The maximum Gasteiger partial charge on any atom is 0.310 e. The van der Waals surface area contributed by atoms with E-state index in [0.717, 1.165) is 54.7 Å². The molecule has 0 radical (unpaired) electrons. The van der Waals surface area contributed by atoms with Gasteiger partial charge in [-0.15, -0.1) is 0 Å². The molecule has 0 saturated heterocycles. The van der Waals surface area contributed by atoms with Gasteiger partial charge in [0.05, 0.1) is 11.8 Å². The van der Waals surface area contributed by atoms with Crippen LogP contribution in [0.2, 0.25) is 10.0 Å². The number of carbonyl (C=O) groups is 2. The van der Waals surface area contributed by atoms with Gasteiger partial charge in [-0.25, -0.2) is 0 Å². The highest BCUT2D eigenvalue weighted by Gasteiger charge is 2.16. The highest BCUT2D eigenvalue weighted by Crippen LogP contribution is 2.31. The summed E-state index contributed by atoms with van der Waals surface area (Å²) < 4.78 is 0. The fraction of sp³-hybridized carbons (Fsp3) is 0.133. The van der Waals surface area contributed by atoms with Crippen molar-refractivity contribution in [3.63, 3.8) is 0 Å². The van der Waals surface area contributed by atoms with Gasteiger partial charge in [0, 0.05) is 53.7 Å². The van der Waals surface area contributed by atoms with Crippen molar-refractivity contribution >= 4 is 78.8 Å². The van der Waals surface area contributed by atoms with Crippen LogP contribution in [0, 0.1) is 0 Å². The Balaban J connectivity index is 0.000000155. The lowest BCUT2D eigenvalue weighted by atomic mass is 10.00. The van der Waals surface area contributed by atoms with E-state index in [0.29, 0.717) is 10.0 Å². The van der Waals surface area contributed by atoms with Crippen LogP contribution in [0.15, 0.2) is 72.8 Å². The second-order valence-electron chi connectivity index (χ2n) is 9.36. The molecule has 6 nitrogen and oxygen atoms in total. The molecule has 192 valence electrons. The van der Waals surface area contributed by atoms with Crippen molar-refractivity contribution in [1.82, 2.24) is 9.97 Å². The zero-order chi connectivity index (χ0) is 27.1. The summed E-state index contributed by atoms with van der Waals surface area (Å²) in [5.41, 5.74) is 5.44. The summed E-state index contributed by atoms with van der Waals surface area (Å²) >= 11 is 12.0. The van der Waals surface area contributed by atoms with Crippen LogP contribution in [0.4, 0.5) is 0 Å². The molecule has 6 aromatic rings. The summed E-state index contributed by atoms with van der Waals surface area (Å²) in [6, 6.07) is 22.7. The van der Waals surface area contributed by atoms with Gasteiger partial charge in [0.25, 0.3) is 0 Å². The second kappa shape index (κ2) is 10.0. The molecule has 0 aliphatic carbocycles. The van der Waals surface area contributed by atoms with Crippen molar-refractivity contribution in [2.75, 3.05) is 0 Å². The molecule has 0 bridgehead atoms. The molecule has 0 amide bonds. The van der Waals surface area contributed by atoms with E-state index in [1.165, 1.54) is 0 Å². The predicted molar refractivity (Wildman–Crippen MR) is 154 cm³/mol. The predicted octanol–water partition coefficient (Wildman–Crippen LogP) is 8.33. The number of carboxylic acids is 2. The highest BCUT2D eigenvalue weighted by atomic mass is 35.5. The molecule has 0 spiro atoms. The first kappa shape index (κ1) is 25.6. The number of aromatic nitrogens is 2. The molecule has 38 heavy (non-hydrogen) atoms. The Hall–Kier alpha value is -4.00. The quantitative estimate of drug-likeness (QED) is 0.178. The summed E-state index contributed by atoms with van der Waals surface area (Å²) in [5.74, 6) is -2.67. The molecule has 4 N–H and O–H groups in total. The minimum atomic E-state index is -0.821. The van der Waals surface area contributed by atoms with Gasteiger partial charge in [0.15, 0.2) is 0 Å². The number of H-pyrrole nitrogens is 2. The standard InChI is InChI=1S/2C15H12ClNO2/c2*1-8(15(18)19)9-2-4-11-12-7-10(16)3-5-13(12)17-14(11)6-9/h2*2-8,17H,1H3,(H,18,19). The normalized spacial score (nSPS) is 12.9. The van der Waals surface area contributed by atoms with E-state index in [1.54, 1.807) is 13.8 Å². The molecule has 8 heteroatoms. The van der Waals surface area contributed by atoms with E-state index >= 15 is 0 Å². The lowest BCUT2D eigenvalue weighted by Gasteiger charge is -2.06. The topological polar surface area (TPSA) is 106 Å². The Morgan fingerprint density at radius 1 is 0.579 bits per heavy atom. The smallest absolute Gasteiger partial charge is 0.310 e. The van der Waals surface area contributed by atoms with Crippen molar-refractivity contribution in [2.45, 2.75) is 25.7 Å². The molecule has 0 aliphatic heterocycles. The van der Waals surface area contributed by atoms with E-state index < -0.39 is 23.8 Å². The Labute approximate surface area is 227 Å². The molecule has 2 unspecified atom stereocenters. The largest absolute Gasteiger partial charge is 0.481 e. The van der Waals surface area contributed by atoms with Crippen LogP contribution in [0.5, 0.6) is 0 Å². The first-order chi connectivity index (χ1) is 18.1. The highest BCUT2D eigenvalue weighted by molar-refractivity contribution is 6.32. The first-order valence-electron chi connectivity index (χ1n) is 12.0. The zero-order valence-corrected chi connectivity index (χ0v) is 22.1. The molecular formula is C30H24Cl2N2O4. The number of hydrogen-bond acceptors (Lipinski definition) is 2. The van der Waals surface area contributed by atoms with Crippen LogP contribution in [0.3, 0.4) is 0 Å². The molecule has 2 atom stereocenters. The van der Waals surface area contributed by atoms with Crippen LogP contribution in [-0.4, -0.2) is 32.1 Å². The molecule has 2 heterocycles. The molecular weight excluding hydrogens is 523 g/mol. The van der Waals surface area contributed by atoms with Gasteiger partial charge >= 0.3 is 11.9 Å². The second-order valence-corrected chi connectivity index (χ2v) is 10.2. The molecule has 6 rings (SSSR count). The lowest BCUT2D eigenvalue weighted by Crippen LogP contribution is -2.06. The Morgan fingerprint density at radius 2 is 0.974 bits per heavy atom. The summed E-state index contributed by atoms with van der Waals surface area (Å²) in [5, 5.41) is 23.7. The van der Waals surface area contributed by atoms with E-state index in [4.69, 9.17) is 33.4 Å². The summed E-state index contributed by atoms with van der Waals surface area (Å²) in [6.45, 7) is 3.37. The minimum Gasteiger partial charge on any atom is -0.481 e. The Kier molecular flexibility index (Phi) is 6.78. The van der Waals surface area contributed by atoms with E-state index in [2.05, 4.69) is 9.97 Å². The van der Waals surface area contributed by atoms with Gasteiger partial charge in [-0.05, 0) is 73.5 Å². The number of aliphatic carboxylic acids is 2. The number of fused-ring (bicyclic) bond motifs is 6. The SMILES string of the molecule is CC(C(=O)O)c1ccc2c(c1)[nH]c1ccc(Cl)cc12.CC(C(=O)O)c1ccc2c(c1)[nH]c1ccc(Cl)cc12. The molecule has 4 aromatic carbocycles. The maximum absolute atomic E-state index is 11.0. The van der Waals surface area contributed by atoms with Gasteiger partial charge in [0.1, 0.15) is 0 Å². The van der Waals surface area contributed by atoms with E-state index in [9.17, 15) is 9.59 Å². The average molecular weight is 547 g/mol. The van der Waals surface area contributed by atoms with Gasteiger partial charge in [-0.2, -0.15) is 0 Å². The number of carboxylic acid groups (broad SMARTS) is 2. The van der Waals surface area contributed by atoms with E-state index in [-0.39, 0.29) is 0 Å². The number of nitrogens with one attached hydrogen (secondary N) is 2. The zero-order valence-electron chi connectivity index (χ0n) is 20.5. The van der Waals surface area contributed by atoms with Crippen molar-refractivity contribution < 1.29 is 19.8 Å². The first-order valence-corrected chi connectivity index (χ1v) is 12.8. The maximum atomic E-state index is 11.0. The fourth-order valence-electron chi connectivity index (χ4n) is 4.61. The summed E-state index contributed by atoms with van der Waals surface area (Å²) in [7, 11) is 0. The van der Waals surface area contributed by atoms with Gasteiger partial charge in [-0.1, -0.05) is 47.5 Å². The monoisotopic (exact) mass is 546 g/mol. The Bertz CT molecular complexity index is 1720. The van der Waals surface area contributed by atoms with Gasteiger partial charge in [0.2, 0.25) is 0 Å². The molecule has 0 saturated carbocycles. The van der Waals surface area contributed by atoms with Crippen molar-refractivity contribution in [3.05, 3.63) is 94.0 Å². The van der Waals surface area contributed by atoms with Gasteiger partial charge < -0.3 is 20.2 Å². The Morgan fingerprint density at radius 3 is 1.34 bits per heavy atom. The third kappa shape index (κ3) is 4.80. The molecule has 2 aromatic heterocycles. The number of halogens is 2. The molecule has 0 aliphatic rings. The van der Waals surface area contributed by atoms with Crippen LogP contribution in [0.25, 0.3) is 43.6 Å². The van der Waals surface area contributed by atoms with Crippen molar-refractivity contribution in [2.24, 2.45) is 0 Å². The average Bonchev–Trinajstić information content (AvgIpc) is 3.44. The minimum absolute atomic E-state index is 0.514. The number of rotatable bonds is 4. The van der Waals surface area contributed by atoms with Gasteiger partial charge in [-0.3, -0.25) is 9.59 Å². The molecule has 0 fully saturated rings.